The van der Waals surface area contributed by atoms with Gasteiger partial charge in [0.15, 0.2) is 5.69 Å². The summed E-state index contributed by atoms with van der Waals surface area (Å²) in [5.41, 5.74) is 1.54. The van der Waals surface area contributed by atoms with E-state index in [1.165, 1.54) is 11.3 Å². The molecule has 0 saturated carbocycles. The molecule has 0 bridgehead atoms. The zero-order valence-electron chi connectivity index (χ0n) is 15.7. The van der Waals surface area contributed by atoms with E-state index in [-0.39, 0.29) is 25.4 Å². The van der Waals surface area contributed by atoms with Crippen LogP contribution in [0.1, 0.15) is 43.7 Å². The van der Waals surface area contributed by atoms with E-state index in [1.54, 1.807) is 33.1 Å². The van der Waals surface area contributed by atoms with Crippen molar-refractivity contribution < 1.29 is 37.9 Å². The second kappa shape index (κ2) is 9.77. The third kappa shape index (κ3) is 6.83. The van der Waals surface area contributed by atoms with Crippen LogP contribution in [0, 0.1) is 0 Å². The number of carbonyl (C=O) groups excluding carboxylic acids is 2. The Balaban J connectivity index is 0.00000338. The summed E-state index contributed by atoms with van der Waals surface area (Å²) in [5.74, 6) is -0.419. The summed E-state index contributed by atoms with van der Waals surface area (Å²) >= 11 is 1.38. The van der Waals surface area contributed by atoms with Crippen LogP contribution in [0.15, 0.2) is 29.6 Å². The van der Waals surface area contributed by atoms with Crippen molar-refractivity contribution >= 4 is 23.4 Å². The van der Waals surface area contributed by atoms with Gasteiger partial charge in [-0.3, -0.25) is 4.79 Å². The molecule has 134 valence electrons. The van der Waals surface area contributed by atoms with Crippen molar-refractivity contribution in [3.63, 3.8) is 0 Å². The summed E-state index contributed by atoms with van der Waals surface area (Å²) in [4.78, 5) is 27.5. The Morgan fingerprint density at radius 1 is 1.19 bits per heavy atom. The van der Waals surface area contributed by atoms with Gasteiger partial charge in [-0.2, -0.15) is 0 Å². The smallest absolute Gasteiger partial charge is 0.614 e. The molecule has 0 N–H and O–H groups in total. The van der Waals surface area contributed by atoms with Crippen molar-refractivity contribution in [2.45, 2.75) is 39.8 Å². The van der Waals surface area contributed by atoms with E-state index < -0.39 is 17.7 Å². The summed E-state index contributed by atoms with van der Waals surface area (Å²) in [7, 11) is 0. The van der Waals surface area contributed by atoms with E-state index in [0.717, 1.165) is 16.1 Å². The van der Waals surface area contributed by atoms with Crippen LogP contribution in [0.5, 0.6) is 0 Å². The molecule has 0 atom stereocenters. The Labute approximate surface area is 169 Å². The van der Waals surface area contributed by atoms with Crippen molar-refractivity contribution in [3.05, 3.63) is 46.2 Å². The van der Waals surface area contributed by atoms with E-state index in [9.17, 15) is 9.59 Å². The molecule has 26 heavy (non-hydrogen) atoms. The molecular formula is C18H21LiN2O4S. The minimum absolute atomic E-state index is 0. The van der Waals surface area contributed by atoms with Gasteiger partial charge in [0.05, 0.1) is 6.61 Å². The van der Waals surface area contributed by atoms with Crippen molar-refractivity contribution in [3.8, 4) is 10.6 Å². The minimum Gasteiger partial charge on any atom is -0.614 e. The number of rotatable bonds is 5. The first-order valence-corrected chi connectivity index (χ1v) is 8.79. The normalized spacial score (nSPS) is 10.6. The summed E-state index contributed by atoms with van der Waals surface area (Å²) in [6.07, 6.45) is -0.574. The number of carbonyl (C=O) groups is 2. The maximum Gasteiger partial charge on any atom is 1.00 e. The first-order chi connectivity index (χ1) is 11.8. The number of nitrogens with zero attached hydrogens (tertiary/aromatic N) is 2. The Bertz CT molecular complexity index is 738. The van der Waals surface area contributed by atoms with Crippen LogP contribution >= 0.6 is 11.3 Å². The number of hydrogen-bond donors (Lipinski definition) is 0. The molecule has 0 aliphatic rings. The fourth-order valence-corrected chi connectivity index (χ4v) is 2.70. The van der Waals surface area contributed by atoms with Gasteiger partial charge in [0, 0.05) is 10.9 Å². The molecule has 2 aromatic rings. The molecule has 0 spiro atoms. The minimum atomic E-state index is -0.574. The molecule has 0 unspecified atom stereocenters. The standard InChI is InChI=1S/C18H22N2O4S.Li/c1-5-23-16(21)14-11-25-15(20-14)13-8-6-12(7-9-13)10-19-17(22)24-18(2,3)4;/h6-9,11H,5,10H2,1-4H3,(H,19,22);/q;+1/p-1. The monoisotopic (exact) mass is 368 g/mol. The molecule has 0 aliphatic carbocycles. The molecule has 0 radical (unpaired) electrons. The zero-order valence-corrected chi connectivity index (χ0v) is 16.6. The SMILES string of the molecule is CCOC(=O)c1csc(-c2ccc(C[N-]C(=O)OC(C)(C)C)cc2)n1.[Li+]. The Morgan fingerprint density at radius 3 is 2.42 bits per heavy atom. The van der Waals surface area contributed by atoms with Crippen LogP contribution in [-0.2, 0) is 16.0 Å². The second-order valence-electron chi connectivity index (χ2n) is 6.25. The van der Waals surface area contributed by atoms with Gasteiger partial charge in [-0.25, -0.2) is 9.78 Å². The molecule has 6 nitrogen and oxygen atoms in total. The van der Waals surface area contributed by atoms with Crippen molar-refractivity contribution in [1.29, 1.82) is 0 Å². The molecule has 1 aromatic carbocycles. The molecular weight excluding hydrogens is 347 g/mol. The molecule has 0 fully saturated rings. The third-order valence-electron chi connectivity index (χ3n) is 2.97. The number of benzene rings is 1. The zero-order chi connectivity index (χ0) is 18.4. The molecule has 1 aromatic heterocycles. The van der Waals surface area contributed by atoms with E-state index in [1.807, 2.05) is 24.3 Å². The van der Waals surface area contributed by atoms with Crippen LogP contribution in [0.2, 0.25) is 0 Å². The predicted octanol–water partition coefficient (Wildman–Crippen LogP) is 1.80. The van der Waals surface area contributed by atoms with E-state index in [4.69, 9.17) is 9.47 Å². The van der Waals surface area contributed by atoms with Crippen LogP contribution in [0.4, 0.5) is 4.79 Å². The largest absolute Gasteiger partial charge is 1.00 e. The number of ether oxygens (including phenoxy) is 2. The van der Waals surface area contributed by atoms with Gasteiger partial charge in [-0.05, 0) is 27.7 Å². The molecule has 2 rings (SSSR count). The fraction of sp³-hybridized carbons (Fsp3) is 0.389. The number of esters is 1. The van der Waals surface area contributed by atoms with Gasteiger partial charge in [0.2, 0.25) is 6.09 Å². The molecule has 0 saturated heterocycles. The number of hydrogen-bond acceptors (Lipinski definition) is 6. The number of aromatic nitrogens is 1. The van der Waals surface area contributed by atoms with Gasteiger partial charge < -0.3 is 14.8 Å². The second-order valence-corrected chi connectivity index (χ2v) is 7.11. The van der Waals surface area contributed by atoms with Crippen LogP contribution < -0.4 is 18.9 Å². The van der Waals surface area contributed by atoms with Crippen molar-refractivity contribution in [2.24, 2.45) is 0 Å². The van der Waals surface area contributed by atoms with Crippen molar-refractivity contribution in [2.75, 3.05) is 6.61 Å². The van der Waals surface area contributed by atoms with Gasteiger partial charge in [-0.1, -0.05) is 29.8 Å². The van der Waals surface area contributed by atoms with Crippen LogP contribution in [0.3, 0.4) is 0 Å². The summed E-state index contributed by atoms with van der Waals surface area (Å²) in [6, 6.07) is 7.50. The van der Waals surface area contributed by atoms with Gasteiger partial charge in [-0.15, -0.1) is 17.9 Å². The number of amides is 1. The molecule has 1 heterocycles. The van der Waals surface area contributed by atoms with Crippen molar-refractivity contribution in [1.82, 2.24) is 4.98 Å². The maximum absolute atomic E-state index is 11.7. The Kier molecular flexibility index (Phi) is 8.35. The summed E-state index contributed by atoms with van der Waals surface area (Å²) in [5, 5.41) is 6.31. The quantitative estimate of drug-likeness (QED) is 0.594. The van der Waals surface area contributed by atoms with E-state index >= 15 is 0 Å². The van der Waals surface area contributed by atoms with Gasteiger partial charge in [0.1, 0.15) is 10.6 Å². The van der Waals surface area contributed by atoms with E-state index in [0.29, 0.717) is 12.3 Å². The Hall–Kier alpha value is -1.81. The average Bonchev–Trinajstić information content (AvgIpc) is 3.02. The topological polar surface area (TPSA) is 79.6 Å². The Morgan fingerprint density at radius 2 is 1.85 bits per heavy atom. The fourth-order valence-electron chi connectivity index (χ4n) is 1.91. The average molecular weight is 368 g/mol. The molecule has 1 amide bonds. The van der Waals surface area contributed by atoms with Gasteiger partial charge >= 0.3 is 24.8 Å². The first-order valence-electron chi connectivity index (χ1n) is 7.91. The third-order valence-corrected chi connectivity index (χ3v) is 3.87. The number of thiazole rings is 1. The van der Waals surface area contributed by atoms with Crippen LogP contribution in [-0.4, -0.2) is 29.3 Å². The molecule has 0 aliphatic heterocycles. The van der Waals surface area contributed by atoms with Gasteiger partial charge in [0.25, 0.3) is 0 Å². The summed E-state index contributed by atoms with van der Waals surface area (Å²) in [6.45, 7) is 7.73. The van der Waals surface area contributed by atoms with E-state index in [2.05, 4.69) is 10.3 Å². The maximum atomic E-state index is 11.7. The predicted molar refractivity (Wildman–Crippen MR) is 96.8 cm³/mol. The first kappa shape index (κ1) is 22.2. The van der Waals surface area contributed by atoms with Crippen LogP contribution in [0.25, 0.3) is 15.9 Å². The molecule has 8 heteroatoms. The summed E-state index contributed by atoms with van der Waals surface area (Å²) < 4.78 is 10.1.